The van der Waals surface area contributed by atoms with Crippen molar-refractivity contribution >= 4 is 22.4 Å². The predicted molar refractivity (Wildman–Crippen MR) is 63.6 cm³/mol. The van der Waals surface area contributed by atoms with E-state index in [9.17, 15) is 4.79 Å². The van der Waals surface area contributed by atoms with E-state index in [1.165, 1.54) is 0 Å². The number of nitrogens with zero attached hydrogens (tertiary/aromatic N) is 4. The number of hydrogen-bond acceptors (Lipinski definition) is 6. The molecule has 0 bridgehead atoms. The number of aromatic nitrogens is 4. The summed E-state index contributed by atoms with van der Waals surface area (Å²) < 4.78 is 1.77. The highest BCUT2D eigenvalue weighted by atomic mass is 32.1. The average Bonchev–Trinajstić information content (AvgIpc) is 2.88. The first-order valence-corrected chi connectivity index (χ1v) is 5.83. The second kappa shape index (κ2) is 4.91. The highest BCUT2D eigenvalue weighted by Crippen LogP contribution is 2.10. The molecular formula is C9H12N6OS. The summed E-state index contributed by atoms with van der Waals surface area (Å²) in [7, 11) is 0. The monoisotopic (exact) mass is 252 g/mol. The molecule has 0 fully saturated rings. The van der Waals surface area contributed by atoms with E-state index >= 15 is 0 Å². The predicted octanol–water partition coefficient (Wildman–Crippen LogP) is 0.0552. The molecule has 8 heteroatoms. The first-order valence-electron chi connectivity index (χ1n) is 5.01. The zero-order valence-electron chi connectivity index (χ0n) is 9.25. The molecule has 0 radical (unpaired) electrons. The summed E-state index contributed by atoms with van der Waals surface area (Å²) in [5, 5.41) is 14.6. The van der Waals surface area contributed by atoms with Crippen LogP contribution in [0.2, 0.25) is 0 Å². The van der Waals surface area contributed by atoms with Crippen molar-refractivity contribution in [3.05, 3.63) is 23.0 Å². The van der Waals surface area contributed by atoms with E-state index in [0.29, 0.717) is 13.1 Å². The van der Waals surface area contributed by atoms with Gasteiger partial charge in [-0.2, -0.15) is 5.10 Å². The van der Waals surface area contributed by atoms with Gasteiger partial charge in [0.2, 0.25) is 10.1 Å². The summed E-state index contributed by atoms with van der Waals surface area (Å²) in [5.74, 6) is -0.261. The molecule has 3 N–H and O–H groups in total. The number of anilines is 1. The lowest BCUT2D eigenvalue weighted by molar-refractivity contribution is 0.0951. The molecule has 2 rings (SSSR count). The Bertz CT molecular complexity index is 519. The van der Waals surface area contributed by atoms with E-state index < -0.39 is 0 Å². The third-order valence-corrected chi connectivity index (χ3v) is 2.77. The van der Waals surface area contributed by atoms with Gasteiger partial charge in [-0.05, 0) is 12.5 Å². The first-order chi connectivity index (χ1) is 8.15. The maximum atomic E-state index is 11.6. The third-order valence-electron chi connectivity index (χ3n) is 2.02. The molecule has 0 atom stereocenters. The maximum absolute atomic E-state index is 11.6. The molecule has 17 heavy (non-hydrogen) atoms. The van der Waals surface area contributed by atoms with E-state index in [0.717, 1.165) is 16.9 Å². The Kier molecular flexibility index (Phi) is 3.33. The van der Waals surface area contributed by atoms with Crippen LogP contribution in [0.5, 0.6) is 0 Å². The molecule has 0 aliphatic carbocycles. The van der Waals surface area contributed by atoms with Crippen molar-refractivity contribution in [2.24, 2.45) is 0 Å². The van der Waals surface area contributed by atoms with E-state index in [1.807, 2.05) is 13.1 Å². The molecule has 7 nitrogen and oxygen atoms in total. The van der Waals surface area contributed by atoms with Gasteiger partial charge in [-0.3, -0.25) is 9.48 Å². The summed E-state index contributed by atoms with van der Waals surface area (Å²) >= 11 is 1.07. The summed E-state index contributed by atoms with van der Waals surface area (Å²) in [4.78, 5) is 11.6. The van der Waals surface area contributed by atoms with Crippen LogP contribution in [0, 0.1) is 6.92 Å². The number of carbonyl (C=O) groups is 1. The van der Waals surface area contributed by atoms with Crippen LogP contribution in [0.15, 0.2) is 12.4 Å². The van der Waals surface area contributed by atoms with Gasteiger partial charge in [-0.1, -0.05) is 11.3 Å². The van der Waals surface area contributed by atoms with Crippen molar-refractivity contribution in [1.29, 1.82) is 0 Å². The summed E-state index contributed by atoms with van der Waals surface area (Å²) in [6, 6.07) is 0. The van der Waals surface area contributed by atoms with Gasteiger partial charge < -0.3 is 11.1 Å². The molecule has 0 saturated carbocycles. The Hall–Kier alpha value is -1.96. The Labute approximate surface area is 102 Å². The fourth-order valence-electron chi connectivity index (χ4n) is 1.28. The lowest BCUT2D eigenvalue weighted by Gasteiger charge is -2.02. The molecular weight excluding hydrogens is 240 g/mol. The van der Waals surface area contributed by atoms with Crippen LogP contribution in [0.3, 0.4) is 0 Å². The summed E-state index contributed by atoms with van der Waals surface area (Å²) in [6.45, 7) is 3.07. The SMILES string of the molecule is Cc1cnn(CCNC(=O)c2nnc(N)s2)c1. The zero-order chi connectivity index (χ0) is 12.3. The van der Waals surface area contributed by atoms with Crippen LogP contribution in [-0.4, -0.2) is 32.4 Å². The van der Waals surface area contributed by atoms with Crippen molar-refractivity contribution in [3.63, 3.8) is 0 Å². The second-order valence-corrected chi connectivity index (χ2v) is 4.49. The van der Waals surface area contributed by atoms with E-state index in [2.05, 4.69) is 20.6 Å². The Morgan fingerprint density at radius 3 is 3.00 bits per heavy atom. The van der Waals surface area contributed by atoms with Gasteiger partial charge in [0.25, 0.3) is 5.91 Å². The van der Waals surface area contributed by atoms with Crippen LogP contribution < -0.4 is 11.1 Å². The molecule has 2 heterocycles. The maximum Gasteiger partial charge on any atom is 0.282 e. The molecule has 0 spiro atoms. The fraction of sp³-hybridized carbons (Fsp3) is 0.333. The quantitative estimate of drug-likeness (QED) is 0.801. The number of nitrogens with two attached hydrogens (primary N) is 1. The Balaban J connectivity index is 1.81. The van der Waals surface area contributed by atoms with Gasteiger partial charge in [-0.25, -0.2) is 0 Å². The third kappa shape index (κ3) is 3.00. The van der Waals surface area contributed by atoms with E-state index in [4.69, 9.17) is 5.73 Å². The first kappa shape index (κ1) is 11.5. The van der Waals surface area contributed by atoms with Crippen molar-refractivity contribution in [1.82, 2.24) is 25.3 Å². The molecule has 0 aliphatic rings. The van der Waals surface area contributed by atoms with Crippen LogP contribution >= 0.6 is 11.3 Å². The number of aryl methyl sites for hydroxylation is 1. The number of nitrogen functional groups attached to an aromatic ring is 1. The number of nitrogens with one attached hydrogen (secondary N) is 1. The van der Waals surface area contributed by atoms with Gasteiger partial charge in [0, 0.05) is 12.7 Å². The normalized spacial score (nSPS) is 10.4. The van der Waals surface area contributed by atoms with Crippen molar-refractivity contribution in [2.75, 3.05) is 12.3 Å². The van der Waals surface area contributed by atoms with Gasteiger partial charge in [0.05, 0.1) is 12.7 Å². The minimum Gasteiger partial charge on any atom is -0.374 e. The highest BCUT2D eigenvalue weighted by molar-refractivity contribution is 7.16. The molecule has 2 aromatic heterocycles. The van der Waals surface area contributed by atoms with Gasteiger partial charge in [0.15, 0.2) is 0 Å². The van der Waals surface area contributed by atoms with Gasteiger partial charge >= 0.3 is 0 Å². The fourth-order valence-corrected chi connectivity index (χ4v) is 1.80. The number of hydrogen-bond donors (Lipinski definition) is 2. The summed E-state index contributed by atoms with van der Waals surface area (Å²) in [5.41, 5.74) is 6.48. The van der Waals surface area contributed by atoms with Crippen molar-refractivity contribution < 1.29 is 4.79 Å². The van der Waals surface area contributed by atoms with Crippen LogP contribution in [0.4, 0.5) is 5.13 Å². The molecule has 1 amide bonds. The van der Waals surface area contributed by atoms with Gasteiger partial charge in [0.1, 0.15) is 0 Å². The second-order valence-electron chi connectivity index (χ2n) is 3.48. The number of amides is 1. The van der Waals surface area contributed by atoms with Gasteiger partial charge in [-0.15, -0.1) is 10.2 Å². The summed E-state index contributed by atoms with van der Waals surface area (Å²) in [6.07, 6.45) is 3.68. The van der Waals surface area contributed by atoms with Crippen molar-refractivity contribution in [2.45, 2.75) is 13.5 Å². The minimum absolute atomic E-state index is 0.261. The standard InChI is InChI=1S/C9H12N6OS/c1-6-4-12-15(5-6)3-2-11-7(16)8-13-14-9(10)17-8/h4-5H,2-3H2,1H3,(H2,10,14)(H,11,16). The Morgan fingerprint density at radius 1 is 1.59 bits per heavy atom. The molecule has 0 aliphatic heterocycles. The lowest BCUT2D eigenvalue weighted by atomic mass is 10.4. The van der Waals surface area contributed by atoms with E-state index in [-0.39, 0.29) is 16.0 Å². The molecule has 2 aromatic rings. The lowest BCUT2D eigenvalue weighted by Crippen LogP contribution is -2.27. The smallest absolute Gasteiger partial charge is 0.282 e. The van der Waals surface area contributed by atoms with Crippen LogP contribution in [-0.2, 0) is 6.54 Å². The molecule has 90 valence electrons. The molecule has 0 saturated heterocycles. The zero-order valence-corrected chi connectivity index (χ0v) is 10.1. The minimum atomic E-state index is -0.261. The number of carbonyl (C=O) groups excluding carboxylic acids is 1. The highest BCUT2D eigenvalue weighted by Gasteiger charge is 2.10. The number of rotatable bonds is 4. The van der Waals surface area contributed by atoms with Crippen LogP contribution in [0.25, 0.3) is 0 Å². The molecule has 0 unspecified atom stereocenters. The van der Waals surface area contributed by atoms with Crippen molar-refractivity contribution in [3.8, 4) is 0 Å². The Morgan fingerprint density at radius 2 is 2.41 bits per heavy atom. The van der Waals surface area contributed by atoms with Crippen LogP contribution in [0.1, 0.15) is 15.4 Å². The largest absolute Gasteiger partial charge is 0.374 e. The molecule has 0 aromatic carbocycles. The average molecular weight is 252 g/mol. The topological polar surface area (TPSA) is 98.7 Å². The van der Waals surface area contributed by atoms with E-state index in [1.54, 1.807) is 10.9 Å².